The van der Waals surface area contributed by atoms with Gasteiger partial charge < -0.3 is 18.6 Å². The Labute approximate surface area is 210 Å². The molecule has 2 amide bonds. The average Bonchev–Trinajstić information content (AvgIpc) is 3.62. The van der Waals surface area contributed by atoms with E-state index in [1.165, 1.54) is 0 Å². The maximum Gasteiger partial charge on any atom is 0.258 e. The van der Waals surface area contributed by atoms with E-state index in [9.17, 15) is 9.59 Å². The fourth-order valence-corrected chi connectivity index (χ4v) is 4.81. The second-order valence-electron chi connectivity index (χ2n) is 8.75. The van der Waals surface area contributed by atoms with Crippen molar-refractivity contribution in [1.29, 1.82) is 0 Å². The fourth-order valence-electron chi connectivity index (χ4n) is 4.81. The molecule has 3 heterocycles. The molecule has 1 atom stereocenters. The topological polar surface area (TPSA) is 67.9 Å². The van der Waals surface area contributed by atoms with E-state index in [-0.39, 0.29) is 18.4 Å². The van der Waals surface area contributed by atoms with Crippen molar-refractivity contribution in [3.05, 3.63) is 102 Å². The van der Waals surface area contributed by atoms with Crippen LogP contribution in [0.1, 0.15) is 47.6 Å². The molecule has 0 saturated heterocycles. The van der Waals surface area contributed by atoms with Gasteiger partial charge in [-0.1, -0.05) is 37.6 Å². The summed E-state index contributed by atoms with van der Waals surface area (Å²) in [6, 6.07) is 22.1. The number of para-hydroxylation sites is 3. The predicted octanol–water partition coefficient (Wildman–Crippen LogP) is 5.46. The molecule has 7 heteroatoms. The van der Waals surface area contributed by atoms with Crippen molar-refractivity contribution in [2.24, 2.45) is 0 Å². The number of hydrogen-bond acceptors (Lipinski definition) is 4. The van der Waals surface area contributed by atoms with Gasteiger partial charge in [-0.25, -0.2) is 0 Å². The number of ether oxygens (including phenoxy) is 1. The van der Waals surface area contributed by atoms with Crippen molar-refractivity contribution in [1.82, 2.24) is 9.47 Å². The number of nitrogens with zero attached hydrogens (tertiary/aromatic N) is 3. The molecule has 0 spiro atoms. The number of rotatable bonds is 8. The van der Waals surface area contributed by atoms with Crippen molar-refractivity contribution < 1.29 is 18.7 Å². The summed E-state index contributed by atoms with van der Waals surface area (Å²) in [5.74, 6) is 0.744. The van der Waals surface area contributed by atoms with E-state index in [1.807, 2.05) is 60.8 Å². The van der Waals surface area contributed by atoms with Crippen LogP contribution >= 0.6 is 0 Å². The second kappa shape index (κ2) is 10.2. The Morgan fingerprint density at radius 3 is 2.50 bits per heavy atom. The normalized spacial score (nSPS) is 14.2. The maximum atomic E-state index is 14.1. The highest BCUT2D eigenvalue weighted by molar-refractivity contribution is 6.03. The van der Waals surface area contributed by atoms with E-state index in [0.29, 0.717) is 23.6 Å². The summed E-state index contributed by atoms with van der Waals surface area (Å²) in [5, 5.41) is 0. The van der Waals surface area contributed by atoms with Gasteiger partial charge in [0.2, 0.25) is 5.91 Å². The standard InChI is InChI=1S/C29H29N3O4/c1-3-4-17-30(29(34)21-11-5-8-15-25(21)35-2)20-27(33)32-23-13-7-6-12-22(23)31-18-9-14-24(31)28(32)26-16-10-19-36-26/h5-16,18-19,28H,3-4,17,20H2,1-2H3. The Kier molecular flexibility index (Phi) is 6.62. The summed E-state index contributed by atoms with van der Waals surface area (Å²) >= 11 is 0. The first kappa shape index (κ1) is 23.5. The van der Waals surface area contributed by atoms with E-state index >= 15 is 0 Å². The summed E-state index contributed by atoms with van der Waals surface area (Å²) in [6.45, 7) is 2.47. The number of anilines is 1. The number of furan rings is 1. The van der Waals surface area contributed by atoms with Gasteiger partial charge in [0.25, 0.3) is 5.91 Å². The van der Waals surface area contributed by atoms with Gasteiger partial charge >= 0.3 is 0 Å². The first-order valence-corrected chi connectivity index (χ1v) is 12.2. The van der Waals surface area contributed by atoms with Gasteiger partial charge in [-0.05, 0) is 55.0 Å². The summed E-state index contributed by atoms with van der Waals surface area (Å²) in [4.78, 5) is 31.1. The van der Waals surface area contributed by atoms with Crippen LogP contribution in [0.3, 0.4) is 0 Å². The molecule has 1 unspecified atom stereocenters. The molecule has 5 rings (SSSR count). The molecule has 4 aromatic rings. The molecule has 0 radical (unpaired) electrons. The van der Waals surface area contributed by atoms with Gasteiger partial charge in [0.05, 0.1) is 36.0 Å². The van der Waals surface area contributed by atoms with Crippen LogP contribution in [0.5, 0.6) is 5.75 Å². The van der Waals surface area contributed by atoms with E-state index in [0.717, 1.165) is 29.9 Å². The minimum atomic E-state index is -0.452. The molecule has 36 heavy (non-hydrogen) atoms. The monoisotopic (exact) mass is 483 g/mol. The molecule has 0 saturated carbocycles. The third-order valence-corrected chi connectivity index (χ3v) is 6.53. The molecular formula is C29H29N3O4. The Hall–Kier alpha value is -4.26. The quantitative estimate of drug-likeness (QED) is 0.334. The van der Waals surface area contributed by atoms with Crippen LogP contribution < -0.4 is 9.64 Å². The molecule has 0 fully saturated rings. The Bertz CT molecular complexity index is 1360. The Morgan fingerprint density at radius 2 is 1.75 bits per heavy atom. The zero-order valence-electron chi connectivity index (χ0n) is 20.5. The van der Waals surface area contributed by atoms with Crippen molar-refractivity contribution in [3.63, 3.8) is 0 Å². The summed E-state index contributed by atoms with van der Waals surface area (Å²) in [6.07, 6.45) is 5.30. The number of amides is 2. The Balaban J connectivity index is 1.54. The summed E-state index contributed by atoms with van der Waals surface area (Å²) in [5.41, 5.74) is 3.05. The molecular weight excluding hydrogens is 454 g/mol. The van der Waals surface area contributed by atoms with Gasteiger partial charge in [-0.3, -0.25) is 14.5 Å². The van der Waals surface area contributed by atoms with Gasteiger partial charge in [-0.15, -0.1) is 0 Å². The number of carbonyl (C=O) groups is 2. The number of hydrogen-bond donors (Lipinski definition) is 0. The SMILES string of the molecule is CCCCN(CC(=O)N1c2ccccc2-n2cccc2C1c1ccco1)C(=O)c1ccccc1OC. The lowest BCUT2D eigenvalue weighted by Gasteiger charge is -2.38. The highest BCUT2D eigenvalue weighted by Gasteiger charge is 2.38. The Morgan fingerprint density at radius 1 is 0.972 bits per heavy atom. The number of benzene rings is 2. The maximum absolute atomic E-state index is 14.1. The molecule has 184 valence electrons. The van der Waals surface area contributed by atoms with Crippen LogP contribution in [0.15, 0.2) is 89.7 Å². The molecule has 2 aromatic heterocycles. The van der Waals surface area contributed by atoms with E-state index in [1.54, 1.807) is 41.4 Å². The van der Waals surface area contributed by atoms with Crippen LogP contribution in [-0.4, -0.2) is 41.5 Å². The number of fused-ring (bicyclic) bond motifs is 3. The zero-order chi connectivity index (χ0) is 25.1. The predicted molar refractivity (Wildman–Crippen MR) is 138 cm³/mol. The lowest BCUT2D eigenvalue weighted by Crippen LogP contribution is -2.47. The van der Waals surface area contributed by atoms with E-state index in [4.69, 9.17) is 9.15 Å². The van der Waals surface area contributed by atoms with Crippen LogP contribution in [-0.2, 0) is 4.79 Å². The third kappa shape index (κ3) is 4.17. The number of aromatic nitrogens is 1. The van der Waals surface area contributed by atoms with Crippen LogP contribution in [0, 0.1) is 0 Å². The fraction of sp³-hybridized carbons (Fsp3) is 0.241. The molecule has 1 aliphatic heterocycles. The van der Waals surface area contributed by atoms with Gasteiger partial charge in [0.15, 0.2) is 0 Å². The van der Waals surface area contributed by atoms with Crippen molar-refractivity contribution in [2.45, 2.75) is 25.8 Å². The van der Waals surface area contributed by atoms with Gasteiger partial charge in [0.1, 0.15) is 24.1 Å². The van der Waals surface area contributed by atoms with Gasteiger partial charge in [-0.2, -0.15) is 0 Å². The zero-order valence-corrected chi connectivity index (χ0v) is 20.5. The smallest absolute Gasteiger partial charge is 0.258 e. The molecule has 2 aromatic carbocycles. The highest BCUT2D eigenvalue weighted by Crippen LogP contribution is 2.42. The summed E-state index contributed by atoms with van der Waals surface area (Å²) < 4.78 is 13.3. The minimum absolute atomic E-state index is 0.0663. The highest BCUT2D eigenvalue weighted by atomic mass is 16.5. The molecule has 0 aliphatic carbocycles. The third-order valence-electron chi connectivity index (χ3n) is 6.53. The van der Waals surface area contributed by atoms with Crippen LogP contribution in [0.25, 0.3) is 5.69 Å². The first-order valence-electron chi connectivity index (χ1n) is 12.2. The van der Waals surface area contributed by atoms with Gasteiger partial charge in [0, 0.05) is 12.7 Å². The molecule has 0 N–H and O–H groups in total. The minimum Gasteiger partial charge on any atom is -0.496 e. The summed E-state index contributed by atoms with van der Waals surface area (Å²) in [7, 11) is 1.54. The largest absolute Gasteiger partial charge is 0.496 e. The number of carbonyl (C=O) groups excluding carboxylic acids is 2. The average molecular weight is 484 g/mol. The van der Waals surface area contributed by atoms with Crippen LogP contribution in [0.2, 0.25) is 0 Å². The van der Waals surface area contributed by atoms with E-state index < -0.39 is 6.04 Å². The lowest BCUT2D eigenvalue weighted by atomic mass is 10.0. The van der Waals surface area contributed by atoms with Crippen molar-refractivity contribution in [3.8, 4) is 11.4 Å². The number of unbranched alkanes of at least 4 members (excludes halogenated alkanes) is 1. The van der Waals surface area contributed by atoms with Crippen LogP contribution in [0.4, 0.5) is 5.69 Å². The molecule has 0 bridgehead atoms. The van der Waals surface area contributed by atoms with Crippen molar-refractivity contribution >= 4 is 17.5 Å². The lowest BCUT2D eigenvalue weighted by molar-refractivity contribution is -0.119. The molecule has 1 aliphatic rings. The first-order chi connectivity index (χ1) is 17.6. The second-order valence-corrected chi connectivity index (χ2v) is 8.75. The van der Waals surface area contributed by atoms with E-state index in [2.05, 4.69) is 11.5 Å². The molecule has 7 nitrogen and oxygen atoms in total. The number of methoxy groups -OCH3 is 1. The van der Waals surface area contributed by atoms with Crippen molar-refractivity contribution in [2.75, 3.05) is 25.1 Å².